The SMILES string of the molecule is Cc1cccc(Nc2cnc(C(=O)N3CCN(c4ccc(F)cc4)CC3)cn2)c1. The van der Waals surface area contributed by atoms with Gasteiger partial charge in [0.2, 0.25) is 0 Å². The summed E-state index contributed by atoms with van der Waals surface area (Å²) >= 11 is 0. The molecule has 1 saturated heterocycles. The van der Waals surface area contributed by atoms with Gasteiger partial charge in [0.05, 0.1) is 12.4 Å². The summed E-state index contributed by atoms with van der Waals surface area (Å²) in [6, 6.07) is 14.4. The van der Waals surface area contributed by atoms with Crippen molar-refractivity contribution in [3.05, 3.63) is 78.0 Å². The van der Waals surface area contributed by atoms with Crippen LogP contribution >= 0.6 is 0 Å². The highest BCUT2D eigenvalue weighted by atomic mass is 19.1. The molecule has 1 N–H and O–H groups in total. The molecule has 148 valence electrons. The van der Waals surface area contributed by atoms with E-state index in [-0.39, 0.29) is 11.7 Å². The Bertz CT molecular complexity index is 983. The molecule has 0 aliphatic carbocycles. The summed E-state index contributed by atoms with van der Waals surface area (Å²) in [4.78, 5) is 25.3. The molecule has 3 aromatic rings. The van der Waals surface area contributed by atoms with Gasteiger partial charge in [-0.3, -0.25) is 4.79 Å². The Hall–Kier alpha value is -3.48. The lowest BCUT2D eigenvalue weighted by molar-refractivity contribution is 0.0740. The van der Waals surface area contributed by atoms with Gasteiger partial charge in [0, 0.05) is 37.6 Å². The number of nitrogens with zero attached hydrogens (tertiary/aromatic N) is 4. The monoisotopic (exact) mass is 391 g/mol. The van der Waals surface area contributed by atoms with Crippen molar-refractivity contribution in [1.29, 1.82) is 0 Å². The number of piperazine rings is 1. The molecule has 1 aromatic heterocycles. The zero-order chi connectivity index (χ0) is 20.2. The van der Waals surface area contributed by atoms with Crippen LogP contribution in [0, 0.1) is 12.7 Å². The number of aryl methyl sites for hydroxylation is 1. The summed E-state index contributed by atoms with van der Waals surface area (Å²) in [7, 11) is 0. The number of anilines is 3. The van der Waals surface area contributed by atoms with Crippen molar-refractivity contribution in [3.63, 3.8) is 0 Å². The lowest BCUT2D eigenvalue weighted by atomic mass is 10.2. The van der Waals surface area contributed by atoms with Crippen LogP contribution in [0.1, 0.15) is 16.1 Å². The number of halogens is 1. The molecule has 2 aromatic carbocycles. The van der Waals surface area contributed by atoms with E-state index in [4.69, 9.17) is 0 Å². The number of rotatable bonds is 4. The number of carbonyl (C=O) groups excluding carboxylic acids is 1. The first-order valence-corrected chi connectivity index (χ1v) is 9.54. The van der Waals surface area contributed by atoms with E-state index in [0.29, 0.717) is 37.7 Å². The van der Waals surface area contributed by atoms with Crippen LogP contribution in [0.4, 0.5) is 21.6 Å². The van der Waals surface area contributed by atoms with Crippen LogP contribution in [0.2, 0.25) is 0 Å². The van der Waals surface area contributed by atoms with Crippen LogP contribution < -0.4 is 10.2 Å². The summed E-state index contributed by atoms with van der Waals surface area (Å²) in [5.41, 5.74) is 3.37. The molecule has 7 heteroatoms. The van der Waals surface area contributed by atoms with Gasteiger partial charge in [0.25, 0.3) is 5.91 Å². The normalized spacial score (nSPS) is 14.0. The predicted octanol–water partition coefficient (Wildman–Crippen LogP) is 3.63. The molecule has 0 radical (unpaired) electrons. The standard InChI is InChI=1S/C22H22FN5O/c1-16-3-2-4-18(13-16)26-21-15-24-20(14-25-21)22(29)28-11-9-27(10-12-28)19-7-5-17(23)6-8-19/h2-8,13-15H,9-12H2,1H3,(H,25,26). The van der Waals surface area contributed by atoms with Crippen molar-refractivity contribution < 1.29 is 9.18 Å². The summed E-state index contributed by atoms with van der Waals surface area (Å²) in [6.07, 6.45) is 3.08. The number of nitrogens with one attached hydrogen (secondary N) is 1. The Balaban J connectivity index is 1.35. The highest BCUT2D eigenvalue weighted by Gasteiger charge is 2.23. The third-order valence-corrected chi connectivity index (χ3v) is 4.92. The van der Waals surface area contributed by atoms with E-state index >= 15 is 0 Å². The van der Waals surface area contributed by atoms with Crippen molar-refractivity contribution >= 4 is 23.1 Å². The molecule has 2 heterocycles. The van der Waals surface area contributed by atoms with Crippen LogP contribution in [0.25, 0.3) is 0 Å². The zero-order valence-electron chi connectivity index (χ0n) is 16.2. The fourth-order valence-corrected chi connectivity index (χ4v) is 3.36. The van der Waals surface area contributed by atoms with E-state index < -0.39 is 0 Å². The molecule has 1 aliphatic rings. The fraction of sp³-hybridized carbons (Fsp3) is 0.227. The maximum Gasteiger partial charge on any atom is 0.274 e. The second kappa shape index (κ2) is 8.26. The van der Waals surface area contributed by atoms with Crippen molar-refractivity contribution in [1.82, 2.24) is 14.9 Å². The first kappa shape index (κ1) is 18.9. The van der Waals surface area contributed by atoms with Gasteiger partial charge in [0.15, 0.2) is 0 Å². The predicted molar refractivity (Wildman–Crippen MR) is 111 cm³/mol. The number of aromatic nitrogens is 2. The molecule has 1 fully saturated rings. The Kier molecular flexibility index (Phi) is 5.37. The number of hydrogen-bond donors (Lipinski definition) is 1. The Labute approximate surface area is 169 Å². The molecule has 1 amide bonds. The molecular formula is C22H22FN5O. The molecule has 0 unspecified atom stereocenters. The molecule has 0 bridgehead atoms. The van der Waals surface area contributed by atoms with Gasteiger partial charge in [-0.05, 0) is 48.9 Å². The lowest BCUT2D eigenvalue weighted by Gasteiger charge is -2.35. The fourth-order valence-electron chi connectivity index (χ4n) is 3.36. The van der Waals surface area contributed by atoms with Crippen molar-refractivity contribution in [3.8, 4) is 0 Å². The molecule has 6 nitrogen and oxygen atoms in total. The largest absolute Gasteiger partial charge is 0.368 e. The van der Waals surface area contributed by atoms with Crippen LogP contribution in [-0.4, -0.2) is 47.0 Å². The van der Waals surface area contributed by atoms with Crippen molar-refractivity contribution in [2.75, 3.05) is 36.4 Å². The minimum atomic E-state index is -0.249. The smallest absolute Gasteiger partial charge is 0.274 e. The number of amides is 1. The van der Waals surface area contributed by atoms with Crippen LogP contribution in [0.3, 0.4) is 0 Å². The third-order valence-electron chi connectivity index (χ3n) is 4.92. The molecule has 0 spiro atoms. The van der Waals surface area contributed by atoms with Crippen LogP contribution in [-0.2, 0) is 0 Å². The molecule has 0 saturated carbocycles. The van der Waals surface area contributed by atoms with Gasteiger partial charge < -0.3 is 15.1 Å². The zero-order valence-corrected chi connectivity index (χ0v) is 16.2. The first-order valence-electron chi connectivity index (χ1n) is 9.54. The highest BCUT2D eigenvalue weighted by Crippen LogP contribution is 2.18. The Morgan fingerprint density at radius 3 is 2.41 bits per heavy atom. The maximum atomic E-state index is 13.1. The summed E-state index contributed by atoms with van der Waals surface area (Å²) in [5, 5.41) is 3.19. The topological polar surface area (TPSA) is 61.4 Å². The summed E-state index contributed by atoms with van der Waals surface area (Å²) in [5.74, 6) is 0.216. The second-order valence-electron chi connectivity index (χ2n) is 7.04. The average molecular weight is 391 g/mol. The van der Waals surface area contributed by atoms with E-state index in [2.05, 4.69) is 20.2 Å². The summed E-state index contributed by atoms with van der Waals surface area (Å²) < 4.78 is 13.1. The van der Waals surface area contributed by atoms with Crippen molar-refractivity contribution in [2.45, 2.75) is 6.92 Å². The molecular weight excluding hydrogens is 369 g/mol. The number of carbonyl (C=O) groups is 1. The summed E-state index contributed by atoms with van der Waals surface area (Å²) in [6.45, 7) is 4.58. The molecule has 29 heavy (non-hydrogen) atoms. The molecule has 0 atom stereocenters. The lowest BCUT2D eigenvalue weighted by Crippen LogP contribution is -2.49. The van der Waals surface area contributed by atoms with Crippen LogP contribution in [0.5, 0.6) is 0 Å². The Morgan fingerprint density at radius 1 is 1.00 bits per heavy atom. The number of hydrogen-bond acceptors (Lipinski definition) is 5. The number of benzene rings is 2. The van der Waals surface area contributed by atoms with Gasteiger partial charge in [0.1, 0.15) is 17.3 Å². The Morgan fingerprint density at radius 2 is 1.76 bits per heavy atom. The second-order valence-corrected chi connectivity index (χ2v) is 7.04. The van der Waals surface area contributed by atoms with Gasteiger partial charge in [-0.1, -0.05) is 12.1 Å². The van der Waals surface area contributed by atoms with E-state index in [0.717, 1.165) is 16.9 Å². The van der Waals surface area contributed by atoms with Crippen LogP contribution in [0.15, 0.2) is 60.9 Å². The quantitative estimate of drug-likeness (QED) is 0.736. The van der Waals surface area contributed by atoms with E-state index in [9.17, 15) is 9.18 Å². The van der Waals surface area contributed by atoms with E-state index in [1.54, 1.807) is 23.2 Å². The first-order chi connectivity index (χ1) is 14.1. The van der Waals surface area contributed by atoms with Crippen molar-refractivity contribution in [2.24, 2.45) is 0 Å². The van der Waals surface area contributed by atoms with Gasteiger partial charge in [-0.2, -0.15) is 0 Å². The molecule has 4 rings (SSSR count). The molecule has 1 aliphatic heterocycles. The van der Waals surface area contributed by atoms with Gasteiger partial charge >= 0.3 is 0 Å². The minimum absolute atomic E-state index is 0.127. The average Bonchev–Trinajstić information content (AvgIpc) is 2.75. The maximum absolute atomic E-state index is 13.1. The van der Waals surface area contributed by atoms with E-state index in [1.807, 2.05) is 31.2 Å². The van der Waals surface area contributed by atoms with Gasteiger partial charge in [-0.25, -0.2) is 14.4 Å². The highest BCUT2D eigenvalue weighted by molar-refractivity contribution is 5.92. The van der Waals surface area contributed by atoms with Gasteiger partial charge in [-0.15, -0.1) is 0 Å². The minimum Gasteiger partial charge on any atom is -0.368 e. The van der Waals surface area contributed by atoms with E-state index in [1.165, 1.54) is 18.3 Å². The third kappa shape index (κ3) is 4.51.